The van der Waals surface area contributed by atoms with E-state index in [-0.39, 0.29) is 17.7 Å². The Morgan fingerprint density at radius 1 is 1.00 bits per heavy atom. The molecule has 1 heterocycles. The van der Waals surface area contributed by atoms with Crippen molar-refractivity contribution in [2.75, 3.05) is 0 Å². The van der Waals surface area contributed by atoms with Crippen LogP contribution >= 0.6 is 7.14 Å². The number of oxime groups is 1. The first-order valence-corrected chi connectivity index (χ1v) is 10.1. The molecule has 0 bridgehead atoms. The molecule has 0 amide bonds. The minimum atomic E-state index is -2.89. The third-order valence-corrected chi connectivity index (χ3v) is 8.58. The summed E-state index contributed by atoms with van der Waals surface area (Å²) in [5, 5.41) is 6.05. The van der Waals surface area contributed by atoms with Gasteiger partial charge in [-0.2, -0.15) is 0 Å². The molecule has 3 nitrogen and oxygen atoms in total. The summed E-state index contributed by atoms with van der Waals surface area (Å²) < 4.78 is 14.6. The molecule has 2 aliphatic rings. The Balaban J connectivity index is 1.94. The molecule has 1 aliphatic carbocycles. The number of fused-ring (bicyclic) bond motifs is 1. The van der Waals surface area contributed by atoms with Gasteiger partial charge < -0.3 is 9.40 Å². The van der Waals surface area contributed by atoms with Crippen molar-refractivity contribution in [2.24, 2.45) is 11.1 Å². The molecule has 24 heavy (non-hydrogen) atoms. The molecule has 0 saturated heterocycles. The van der Waals surface area contributed by atoms with Crippen LogP contribution in [0.5, 0.6) is 0 Å². The van der Waals surface area contributed by atoms with Crippen molar-refractivity contribution in [3.8, 4) is 0 Å². The zero-order valence-electron chi connectivity index (χ0n) is 13.6. The fourth-order valence-corrected chi connectivity index (χ4v) is 7.35. The van der Waals surface area contributed by atoms with Gasteiger partial charge in [0, 0.05) is 22.9 Å². The minimum Gasteiger partial charge on any atom is -0.392 e. The van der Waals surface area contributed by atoms with Crippen molar-refractivity contribution < 1.29 is 9.40 Å². The van der Waals surface area contributed by atoms with Gasteiger partial charge in [-0.15, -0.1) is 0 Å². The second-order valence-electron chi connectivity index (χ2n) is 6.39. The lowest BCUT2D eigenvalue weighted by atomic mass is 9.98. The second kappa shape index (κ2) is 6.07. The maximum atomic E-state index is 14.6. The summed E-state index contributed by atoms with van der Waals surface area (Å²) in [6.07, 6.45) is 5.11. The molecule has 0 saturated carbocycles. The quantitative estimate of drug-likeness (QED) is 0.632. The first-order chi connectivity index (χ1) is 11.7. The zero-order chi connectivity index (χ0) is 16.6. The maximum Gasteiger partial charge on any atom is 0.152 e. The van der Waals surface area contributed by atoms with Gasteiger partial charge in [0.1, 0.15) is 6.10 Å². The summed E-state index contributed by atoms with van der Waals surface area (Å²) in [4.78, 5) is 5.62. The highest BCUT2D eigenvalue weighted by Gasteiger charge is 2.48. The Hall–Kier alpha value is -2.12. The lowest BCUT2D eigenvalue weighted by Gasteiger charge is -2.37. The summed E-state index contributed by atoms with van der Waals surface area (Å²) in [5.74, 6) is 0.105. The van der Waals surface area contributed by atoms with Crippen LogP contribution in [0.2, 0.25) is 0 Å². The molecular formula is C20H20NO2P. The molecule has 2 aromatic carbocycles. The fourth-order valence-electron chi connectivity index (χ4n) is 3.83. The van der Waals surface area contributed by atoms with Gasteiger partial charge in [-0.3, -0.25) is 0 Å². The number of hydrogen-bond donors (Lipinski definition) is 0. The Kier molecular flexibility index (Phi) is 3.90. The van der Waals surface area contributed by atoms with Crippen molar-refractivity contribution in [3.05, 3.63) is 72.8 Å². The van der Waals surface area contributed by atoms with Crippen LogP contribution in [-0.2, 0) is 9.40 Å². The monoisotopic (exact) mass is 337 g/mol. The predicted molar refractivity (Wildman–Crippen MR) is 98.8 cm³/mol. The van der Waals surface area contributed by atoms with E-state index in [0.29, 0.717) is 0 Å². The van der Waals surface area contributed by atoms with Crippen LogP contribution in [0.3, 0.4) is 0 Å². The molecule has 0 unspecified atom stereocenters. The van der Waals surface area contributed by atoms with E-state index in [2.05, 4.69) is 17.3 Å². The minimum absolute atomic E-state index is 0.000510. The smallest absolute Gasteiger partial charge is 0.152 e. The normalized spacial score (nSPS) is 25.7. The first-order valence-electron chi connectivity index (χ1n) is 8.29. The highest BCUT2D eigenvalue weighted by Crippen LogP contribution is 2.55. The van der Waals surface area contributed by atoms with Crippen molar-refractivity contribution >= 4 is 23.5 Å². The molecule has 122 valence electrons. The largest absolute Gasteiger partial charge is 0.392 e. The molecule has 4 heteroatoms. The van der Waals surface area contributed by atoms with E-state index in [1.54, 1.807) is 0 Å². The van der Waals surface area contributed by atoms with E-state index < -0.39 is 7.14 Å². The van der Waals surface area contributed by atoms with Gasteiger partial charge in [0.25, 0.3) is 0 Å². The van der Waals surface area contributed by atoms with Crippen LogP contribution in [0.4, 0.5) is 0 Å². The molecule has 0 spiro atoms. The Bertz CT molecular complexity index is 786. The number of nitrogens with zero attached hydrogens (tertiary/aromatic N) is 1. The molecular weight excluding hydrogens is 317 g/mol. The van der Waals surface area contributed by atoms with Crippen molar-refractivity contribution in [1.29, 1.82) is 0 Å². The van der Waals surface area contributed by atoms with E-state index in [9.17, 15) is 4.57 Å². The highest BCUT2D eigenvalue weighted by molar-refractivity contribution is 7.80. The van der Waals surface area contributed by atoms with Gasteiger partial charge in [0.15, 0.2) is 7.14 Å². The molecule has 0 aromatic heterocycles. The molecule has 4 rings (SSSR count). The van der Waals surface area contributed by atoms with Gasteiger partial charge in [-0.05, 0) is 6.92 Å². The number of rotatable bonds is 3. The third kappa shape index (κ3) is 2.35. The standard InChI is InChI=1S/C20H20NO2P/c1-15-20(18-13-8-14-19(18)23-21-15)24(22,16-9-4-2-5-10-16)17-11-6-3-7-12-17/h2-13,18-20H,14H2,1H3/t18-,19+,20-/m0/s1. The van der Waals surface area contributed by atoms with E-state index in [1.165, 1.54) is 0 Å². The van der Waals surface area contributed by atoms with E-state index in [1.807, 2.05) is 67.6 Å². The highest BCUT2D eigenvalue weighted by atomic mass is 31.2. The van der Waals surface area contributed by atoms with Gasteiger partial charge in [0.05, 0.1) is 11.4 Å². The van der Waals surface area contributed by atoms with Gasteiger partial charge in [-0.1, -0.05) is 78.0 Å². The average molecular weight is 337 g/mol. The van der Waals surface area contributed by atoms with Gasteiger partial charge >= 0.3 is 0 Å². The Morgan fingerprint density at radius 2 is 1.58 bits per heavy atom. The number of benzene rings is 2. The Labute approximate surface area is 142 Å². The predicted octanol–water partition coefficient (Wildman–Crippen LogP) is 3.72. The molecule has 0 N–H and O–H groups in total. The summed E-state index contributed by atoms with van der Waals surface area (Å²) in [7, 11) is -2.89. The maximum absolute atomic E-state index is 14.6. The van der Waals surface area contributed by atoms with Crippen LogP contribution in [0.25, 0.3) is 0 Å². The zero-order valence-corrected chi connectivity index (χ0v) is 14.5. The average Bonchev–Trinajstić information content (AvgIpc) is 3.11. The van der Waals surface area contributed by atoms with E-state index in [0.717, 1.165) is 22.7 Å². The van der Waals surface area contributed by atoms with Crippen LogP contribution in [-0.4, -0.2) is 17.5 Å². The summed E-state index contributed by atoms with van der Waals surface area (Å²) in [6.45, 7) is 1.94. The summed E-state index contributed by atoms with van der Waals surface area (Å²) >= 11 is 0. The van der Waals surface area contributed by atoms with Crippen LogP contribution in [0, 0.1) is 5.92 Å². The van der Waals surface area contributed by atoms with Crippen LogP contribution < -0.4 is 10.6 Å². The second-order valence-corrected chi connectivity index (χ2v) is 9.30. The summed E-state index contributed by atoms with van der Waals surface area (Å²) in [6, 6.07) is 19.7. The lowest BCUT2D eigenvalue weighted by molar-refractivity contribution is 0.0294. The van der Waals surface area contributed by atoms with E-state index >= 15 is 0 Å². The topological polar surface area (TPSA) is 38.7 Å². The molecule has 0 fully saturated rings. The van der Waals surface area contributed by atoms with E-state index in [4.69, 9.17) is 4.84 Å². The van der Waals surface area contributed by atoms with Gasteiger partial charge in [0.2, 0.25) is 0 Å². The molecule has 0 radical (unpaired) electrons. The van der Waals surface area contributed by atoms with Crippen molar-refractivity contribution in [3.63, 3.8) is 0 Å². The molecule has 2 aromatic rings. The molecule has 3 atom stereocenters. The molecule has 1 aliphatic heterocycles. The third-order valence-electron chi connectivity index (χ3n) is 4.95. The summed E-state index contributed by atoms with van der Waals surface area (Å²) in [5.41, 5.74) is 0.665. The number of hydrogen-bond acceptors (Lipinski definition) is 3. The Morgan fingerprint density at radius 3 is 2.17 bits per heavy atom. The SMILES string of the molecule is CC1=NO[C@@H]2CC=C[C@@H]2[C@H]1P(=O)(c1ccccc1)c1ccccc1. The van der Waals surface area contributed by atoms with Crippen molar-refractivity contribution in [1.82, 2.24) is 0 Å². The van der Waals surface area contributed by atoms with Crippen LogP contribution in [0.15, 0.2) is 78.0 Å². The fraction of sp³-hybridized carbons (Fsp3) is 0.250. The first kappa shape index (κ1) is 15.4. The van der Waals surface area contributed by atoms with Crippen LogP contribution in [0.1, 0.15) is 13.3 Å². The lowest BCUT2D eigenvalue weighted by Crippen LogP contribution is -2.42. The van der Waals surface area contributed by atoms with Gasteiger partial charge in [-0.25, -0.2) is 0 Å². The van der Waals surface area contributed by atoms with Crippen molar-refractivity contribution in [2.45, 2.75) is 25.1 Å².